The highest BCUT2D eigenvalue weighted by Gasteiger charge is 2.27. The van der Waals surface area contributed by atoms with Gasteiger partial charge in [0.2, 0.25) is 0 Å². The van der Waals surface area contributed by atoms with Crippen LogP contribution >= 0.6 is 0 Å². The van der Waals surface area contributed by atoms with E-state index >= 15 is 0 Å². The number of hydrogen-bond donors (Lipinski definition) is 1. The van der Waals surface area contributed by atoms with Crippen LogP contribution in [0.4, 0.5) is 4.39 Å². The number of aromatic nitrogens is 5. The molecule has 0 radical (unpaired) electrons. The van der Waals surface area contributed by atoms with Crippen LogP contribution in [0.15, 0.2) is 53.3 Å². The van der Waals surface area contributed by atoms with Crippen molar-refractivity contribution in [2.45, 2.75) is 33.4 Å². The van der Waals surface area contributed by atoms with Gasteiger partial charge in [-0.15, -0.1) is 10.2 Å². The lowest BCUT2D eigenvalue weighted by atomic mass is 10.0. The molecule has 8 nitrogen and oxygen atoms in total. The number of carbonyl (C=O) groups is 1. The number of carbonyl (C=O) groups excluding carboxylic acids is 1. The molecule has 0 unspecified atom stereocenters. The van der Waals surface area contributed by atoms with Crippen LogP contribution in [0.5, 0.6) is 0 Å². The molecule has 0 aliphatic carbocycles. The van der Waals surface area contributed by atoms with Gasteiger partial charge in [0.05, 0.1) is 17.8 Å². The number of aromatic amines is 1. The van der Waals surface area contributed by atoms with Gasteiger partial charge in [-0.1, -0.05) is 36.4 Å². The minimum absolute atomic E-state index is 0.00699. The number of rotatable bonds is 4. The number of halogens is 1. The predicted molar refractivity (Wildman–Crippen MR) is 124 cm³/mol. The highest BCUT2D eigenvalue weighted by molar-refractivity contribution is 5.94. The molecule has 0 atom stereocenters. The molecule has 0 saturated carbocycles. The van der Waals surface area contributed by atoms with Gasteiger partial charge < -0.3 is 9.47 Å². The SMILES string of the molecule is Cc1c(Cc2ccc(F)c(C(=O)N3CCn4c(nnc4-c4ccccc4)C3)c2)n[nH]c(=O)c1C. The van der Waals surface area contributed by atoms with E-state index in [1.54, 1.807) is 24.0 Å². The van der Waals surface area contributed by atoms with Crippen LogP contribution in [0.3, 0.4) is 0 Å². The van der Waals surface area contributed by atoms with Crippen molar-refractivity contribution in [1.82, 2.24) is 29.9 Å². The molecule has 4 aromatic rings. The smallest absolute Gasteiger partial charge is 0.267 e. The molecule has 1 aliphatic heterocycles. The number of nitrogens with zero attached hydrogens (tertiary/aromatic N) is 5. The summed E-state index contributed by atoms with van der Waals surface area (Å²) in [4.78, 5) is 26.6. The van der Waals surface area contributed by atoms with Crippen LogP contribution in [0.25, 0.3) is 11.4 Å². The summed E-state index contributed by atoms with van der Waals surface area (Å²) in [6.07, 6.45) is 0.374. The first-order valence-corrected chi connectivity index (χ1v) is 11.0. The Bertz CT molecular complexity index is 1440. The number of nitrogens with one attached hydrogen (secondary N) is 1. The zero-order chi connectivity index (χ0) is 23.8. The van der Waals surface area contributed by atoms with Crippen molar-refractivity contribution in [2.75, 3.05) is 6.54 Å². The highest BCUT2D eigenvalue weighted by Crippen LogP contribution is 2.24. The molecular weight excluding hydrogens is 435 g/mol. The summed E-state index contributed by atoms with van der Waals surface area (Å²) < 4.78 is 16.7. The second kappa shape index (κ2) is 8.66. The Morgan fingerprint density at radius 1 is 1.06 bits per heavy atom. The molecule has 2 aromatic heterocycles. The third-order valence-electron chi connectivity index (χ3n) is 6.33. The van der Waals surface area contributed by atoms with E-state index < -0.39 is 11.7 Å². The van der Waals surface area contributed by atoms with Gasteiger partial charge >= 0.3 is 0 Å². The van der Waals surface area contributed by atoms with Crippen molar-refractivity contribution in [2.24, 2.45) is 0 Å². The molecule has 5 rings (SSSR count). The average molecular weight is 458 g/mol. The molecule has 0 bridgehead atoms. The lowest BCUT2D eigenvalue weighted by Gasteiger charge is -2.28. The Labute approximate surface area is 195 Å². The summed E-state index contributed by atoms with van der Waals surface area (Å²) in [6.45, 7) is 4.77. The van der Waals surface area contributed by atoms with E-state index in [4.69, 9.17) is 0 Å². The summed E-state index contributed by atoms with van der Waals surface area (Å²) in [5.74, 6) is 0.457. The molecule has 0 spiro atoms. The maximum absolute atomic E-state index is 14.7. The number of H-pyrrole nitrogens is 1. The van der Waals surface area contributed by atoms with Crippen molar-refractivity contribution in [3.63, 3.8) is 0 Å². The fourth-order valence-corrected chi connectivity index (χ4v) is 4.19. The third-order valence-corrected chi connectivity index (χ3v) is 6.33. The third kappa shape index (κ3) is 3.89. The standard InChI is InChI=1S/C25H23FN6O2/c1-15-16(2)24(33)30-27-21(15)13-17-8-9-20(26)19(12-17)25(34)31-10-11-32-22(14-31)28-29-23(32)18-6-4-3-5-7-18/h3-9,12H,10-11,13-14H2,1-2H3,(H,30,33). The fourth-order valence-electron chi connectivity index (χ4n) is 4.19. The maximum atomic E-state index is 14.7. The fraction of sp³-hybridized carbons (Fsp3) is 0.240. The zero-order valence-electron chi connectivity index (χ0n) is 18.9. The van der Waals surface area contributed by atoms with Crippen LogP contribution in [-0.2, 0) is 19.5 Å². The summed E-state index contributed by atoms with van der Waals surface area (Å²) in [5, 5.41) is 15.2. The lowest BCUT2D eigenvalue weighted by Crippen LogP contribution is -2.39. The van der Waals surface area contributed by atoms with E-state index in [-0.39, 0.29) is 17.7 Å². The largest absolute Gasteiger partial charge is 0.329 e. The molecule has 34 heavy (non-hydrogen) atoms. The lowest BCUT2D eigenvalue weighted by molar-refractivity contribution is 0.0703. The number of amides is 1. The van der Waals surface area contributed by atoms with Gasteiger partial charge in [0.25, 0.3) is 11.5 Å². The first-order valence-electron chi connectivity index (χ1n) is 11.0. The molecule has 1 N–H and O–H groups in total. The molecule has 0 fully saturated rings. The van der Waals surface area contributed by atoms with Gasteiger partial charge in [0.15, 0.2) is 11.6 Å². The predicted octanol–water partition coefficient (Wildman–Crippen LogP) is 3.03. The van der Waals surface area contributed by atoms with E-state index in [2.05, 4.69) is 20.4 Å². The van der Waals surface area contributed by atoms with E-state index in [1.807, 2.05) is 41.8 Å². The topological polar surface area (TPSA) is 96.8 Å². The summed E-state index contributed by atoms with van der Waals surface area (Å²) in [7, 11) is 0. The van der Waals surface area contributed by atoms with Crippen molar-refractivity contribution in [3.8, 4) is 11.4 Å². The van der Waals surface area contributed by atoms with Gasteiger partial charge in [0.1, 0.15) is 5.82 Å². The summed E-state index contributed by atoms with van der Waals surface area (Å²) >= 11 is 0. The number of benzene rings is 2. The van der Waals surface area contributed by atoms with Crippen molar-refractivity contribution >= 4 is 5.91 Å². The van der Waals surface area contributed by atoms with E-state index in [1.165, 1.54) is 6.07 Å². The van der Waals surface area contributed by atoms with Crippen LogP contribution in [0, 0.1) is 19.7 Å². The molecule has 9 heteroatoms. The van der Waals surface area contributed by atoms with Crippen molar-refractivity contribution in [1.29, 1.82) is 0 Å². The molecular formula is C25H23FN6O2. The second-order valence-electron chi connectivity index (χ2n) is 8.42. The minimum Gasteiger partial charge on any atom is -0.329 e. The molecule has 1 aliphatic rings. The van der Waals surface area contributed by atoms with Crippen LogP contribution < -0.4 is 5.56 Å². The van der Waals surface area contributed by atoms with E-state index in [0.29, 0.717) is 36.6 Å². The normalized spacial score (nSPS) is 13.1. The Balaban J connectivity index is 1.38. The molecule has 3 heterocycles. The molecule has 172 valence electrons. The van der Waals surface area contributed by atoms with Crippen molar-refractivity contribution < 1.29 is 9.18 Å². The van der Waals surface area contributed by atoms with Gasteiger partial charge in [0, 0.05) is 30.6 Å². The van der Waals surface area contributed by atoms with Gasteiger partial charge in [-0.25, -0.2) is 9.49 Å². The van der Waals surface area contributed by atoms with Gasteiger partial charge in [-0.2, -0.15) is 5.10 Å². The maximum Gasteiger partial charge on any atom is 0.267 e. The zero-order valence-corrected chi connectivity index (χ0v) is 18.9. The van der Waals surface area contributed by atoms with Crippen molar-refractivity contribution in [3.05, 3.63) is 98.5 Å². The first-order chi connectivity index (χ1) is 16.4. The Morgan fingerprint density at radius 3 is 2.65 bits per heavy atom. The molecule has 1 amide bonds. The second-order valence-corrected chi connectivity index (χ2v) is 8.42. The monoisotopic (exact) mass is 458 g/mol. The van der Waals surface area contributed by atoms with Crippen LogP contribution in [-0.4, -0.2) is 42.3 Å². The Kier molecular flexibility index (Phi) is 5.53. The number of fused-ring (bicyclic) bond motifs is 1. The highest BCUT2D eigenvalue weighted by atomic mass is 19.1. The number of hydrogen-bond acceptors (Lipinski definition) is 5. The molecule has 2 aromatic carbocycles. The van der Waals surface area contributed by atoms with Crippen LogP contribution in [0.1, 0.15) is 38.6 Å². The quantitative estimate of drug-likeness (QED) is 0.507. The Hall–Kier alpha value is -4.14. The average Bonchev–Trinajstić information content (AvgIpc) is 3.29. The van der Waals surface area contributed by atoms with E-state index in [9.17, 15) is 14.0 Å². The minimum atomic E-state index is -0.576. The summed E-state index contributed by atoms with van der Waals surface area (Å²) in [5.41, 5.74) is 3.53. The first kappa shape index (κ1) is 21.7. The van der Waals surface area contributed by atoms with Gasteiger partial charge in [-0.05, 0) is 37.1 Å². The Morgan fingerprint density at radius 2 is 1.85 bits per heavy atom. The van der Waals surface area contributed by atoms with Gasteiger partial charge in [-0.3, -0.25) is 9.59 Å². The molecule has 0 saturated heterocycles. The summed E-state index contributed by atoms with van der Waals surface area (Å²) in [6, 6.07) is 14.3. The van der Waals surface area contributed by atoms with Crippen LogP contribution in [0.2, 0.25) is 0 Å². The van der Waals surface area contributed by atoms with E-state index in [0.717, 1.165) is 22.5 Å².